The van der Waals surface area contributed by atoms with Crippen LogP contribution in [0.2, 0.25) is 0 Å². The molecule has 0 aromatic carbocycles. The van der Waals surface area contributed by atoms with E-state index in [4.69, 9.17) is 0 Å². The molecule has 0 unspecified atom stereocenters. The van der Waals surface area contributed by atoms with Gasteiger partial charge in [0.1, 0.15) is 11.5 Å². The van der Waals surface area contributed by atoms with E-state index in [0.717, 1.165) is 12.3 Å². The summed E-state index contributed by atoms with van der Waals surface area (Å²) in [4.78, 5) is 7.61. The molecular formula is C19H23F4N3O. The minimum Gasteiger partial charge on any atom is -0.389 e. The van der Waals surface area contributed by atoms with Gasteiger partial charge in [0, 0.05) is 24.3 Å². The first-order chi connectivity index (χ1) is 12.4. The van der Waals surface area contributed by atoms with Crippen LogP contribution < -0.4 is 5.32 Å². The smallest absolute Gasteiger partial charge is 0.389 e. The third-order valence-corrected chi connectivity index (χ3v) is 4.19. The summed E-state index contributed by atoms with van der Waals surface area (Å²) in [5.74, 6) is -0.445. The molecule has 8 heteroatoms. The van der Waals surface area contributed by atoms with E-state index < -0.39 is 23.3 Å². The van der Waals surface area contributed by atoms with Gasteiger partial charge in [-0.1, -0.05) is 13.8 Å². The number of aromatic nitrogens is 2. The van der Waals surface area contributed by atoms with Crippen molar-refractivity contribution in [1.82, 2.24) is 15.3 Å². The Bertz CT molecular complexity index is 768. The van der Waals surface area contributed by atoms with Crippen molar-refractivity contribution in [1.29, 1.82) is 0 Å². The molecule has 0 amide bonds. The van der Waals surface area contributed by atoms with Crippen molar-refractivity contribution in [3.05, 3.63) is 47.7 Å². The predicted molar refractivity (Wildman–Crippen MR) is 94.2 cm³/mol. The number of nitrogens with zero attached hydrogens (tertiary/aromatic N) is 2. The van der Waals surface area contributed by atoms with Crippen molar-refractivity contribution in [3.8, 4) is 11.3 Å². The highest BCUT2D eigenvalue weighted by molar-refractivity contribution is 5.58. The molecule has 2 aromatic heterocycles. The molecule has 0 bridgehead atoms. The molecule has 0 aliphatic heterocycles. The molecule has 2 N–H and O–H groups in total. The molecule has 1 atom stereocenters. The van der Waals surface area contributed by atoms with Gasteiger partial charge in [-0.3, -0.25) is 4.98 Å². The maximum absolute atomic E-state index is 14.1. The van der Waals surface area contributed by atoms with E-state index in [1.807, 2.05) is 13.8 Å². The van der Waals surface area contributed by atoms with Gasteiger partial charge >= 0.3 is 6.18 Å². The molecule has 0 spiro atoms. The minimum absolute atomic E-state index is 0.0700. The second kappa shape index (κ2) is 7.90. The summed E-state index contributed by atoms with van der Waals surface area (Å²) >= 11 is 0. The van der Waals surface area contributed by atoms with E-state index >= 15 is 0 Å². The summed E-state index contributed by atoms with van der Waals surface area (Å²) in [6, 6.07) is 4.42. The van der Waals surface area contributed by atoms with E-state index in [1.54, 1.807) is 13.8 Å². The Morgan fingerprint density at radius 3 is 2.26 bits per heavy atom. The molecule has 27 heavy (non-hydrogen) atoms. The fourth-order valence-electron chi connectivity index (χ4n) is 2.99. The number of halogens is 4. The maximum atomic E-state index is 14.1. The lowest BCUT2D eigenvalue weighted by molar-refractivity contribution is -0.141. The van der Waals surface area contributed by atoms with Crippen molar-refractivity contribution >= 4 is 0 Å². The Hall–Kier alpha value is -2.06. The number of rotatable bonds is 6. The molecule has 2 rings (SSSR count). The third kappa shape index (κ3) is 5.46. The van der Waals surface area contributed by atoms with E-state index in [1.165, 1.54) is 18.2 Å². The number of nitrogens with one attached hydrogen (secondary N) is 1. The molecule has 0 saturated carbocycles. The average molecular weight is 385 g/mol. The van der Waals surface area contributed by atoms with Gasteiger partial charge in [0.2, 0.25) is 0 Å². The minimum atomic E-state index is -4.52. The van der Waals surface area contributed by atoms with E-state index in [0.29, 0.717) is 11.3 Å². The number of hydrogen-bond donors (Lipinski definition) is 2. The van der Waals surface area contributed by atoms with Crippen molar-refractivity contribution in [2.24, 2.45) is 5.92 Å². The molecule has 0 aliphatic carbocycles. The Morgan fingerprint density at radius 1 is 1.11 bits per heavy atom. The van der Waals surface area contributed by atoms with E-state index in [9.17, 15) is 22.7 Å². The van der Waals surface area contributed by atoms with E-state index in [2.05, 4.69) is 15.3 Å². The van der Waals surface area contributed by atoms with Crippen LogP contribution >= 0.6 is 0 Å². The van der Waals surface area contributed by atoms with Crippen LogP contribution in [0.3, 0.4) is 0 Å². The zero-order valence-electron chi connectivity index (χ0n) is 15.6. The summed E-state index contributed by atoms with van der Waals surface area (Å²) in [6.45, 7) is 7.27. The van der Waals surface area contributed by atoms with Crippen LogP contribution in [-0.2, 0) is 12.7 Å². The van der Waals surface area contributed by atoms with Crippen LogP contribution in [0.4, 0.5) is 17.6 Å². The third-order valence-electron chi connectivity index (χ3n) is 4.19. The second-order valence-corrected chi connectivity index (χ2v) is 7.31. The maximum Gasteiger partial charge on any atom is 0.433 e. The zero-order valence-corrected chi connectivity index (χ0v) is 15.6. The fourth-order valence-corrected chi connectivity index (χ4v) is 2.99. The molecule has 0 saturated heterocycles. The van der Waals surface area contributed by atoms with Crippen molar-refractivity contribution in [2.45, 2.75) is 52.1 Å². The fraction of sp³-hybridized carbons (Fsp3) is 0.474. The lowest BCUT2D eigenvalue weighted by Crippen LogP contribution is -2.49. The molecule has 0 aliphatic rings. The summed E-state index contributed by atoms with van der Waals surface area (Å²) < 4.78 is 52.0. The van der Waals surface area contributed by atoms with Gasteiger partial charge in [-0.2, -0.15) is 13.2 Å². The van der Waals surface area contributed by atoms with Gasteiger partial charge in [0.25, 0.3) is 0 Å². The highest BCUT2D eigenvalue weighted by Crippen LogP contribution is 2.28. The second-order valence-electron chi connectivity index (χ2n) is 7.31. The largest absolute Gasteiger partial charge is 0.433 e. The number of aliphatic hydroxyl groups is 1. The summed E-state index contributed by atoms with van der Waals surface area (Å²) in [5, 5.41) is 13.3. The van der Waals surface area contributed by atoms with Gasteiger partial charge < -0.3 is 10.4 Å². The lowest BCUT2D eigenvalue weighted by Gasteiger charge is -2.33. The van der Waals surface area contributed by atoms with Crippen LogP contribution in [0.25, 0.3) is 11.3 Å². The first kappa shape index (κ1) is 21.2. The Morgan fingerprint density at radius 2 is 1.78 bits per heavy atom. The van der Waals surface area contributed by atoms with Crippen molar-refractivity contribution in [2.75, 3.05) is 0 Å². The molecule has 0 radical (unpaired) electrons. The Kier molecular flexibility index (Phi) is 6.21. The van der Waals surface area contributed by atoms with Gasteiger partial charge in [-0.15, -0.1) is 0 Å². The predicted octanol–water partition coefficient (Wildman–Crippen LogP) is 4.19. The van der Waals surface area contributed by atoms with Gasteiger partial charge in [-0.25, -0.2) is 9.37 Å². The molecular weight excluding hydrogens is 362 g/mol. The number of alkyl halides is 3. The Balaban J connectivity index is 2.23. The van der Waals surface area contributed by atoms with Crippen LogP contribution in [0.15, 0.2) is 30.5 Å². The molecule has 2 heterocycles. The van der Waals surface area contributed by atoms with Gasteiger partial charge in [0.05, 0.1) is 17.0 Å². The highest BCUT2D eigenvalue weighted by Gasteiger charge is 2.32. The summed E-state index contributed by atoms with van der Waals surface area (Å²) in [7, 11) is 0. The highest BCUT2D eigenvalue weighted by atomic mass is 19.4. The molecule has 2 aromatic rings. The SMILES string of the molecule is CC(C)[C@@H](NCc1nc(-c2ccc(C(F)(F)F)nc2)ccc1F)C(C)(C)O. The zero-order chi connectivity index (χ0) is 20.4. The monoisotopic (exact) mass is 385 g/mol. The van der Waals surface area contributed by atoms with Crippen molar-refractivity contribution < 1.29 is 22.7 Å². The average Bonchev–Trinajstić information content (AvgIpc) is 2.54. The van der Waals surface area contributed by atoms with E-state index in [-0.39, 0.29) is 24.2 Å². The number of hydrogen-bond acceptors (Lipinski definition) is 4. The van der Waals surface area contributed by atoms with Crippen molar-refractivity contribution in [3.63, 3.8) is 0 Å². The molecule has 4 nitrogen and oxygen atoms in total. The van der Waals surface area contributed by atoms with Crippen LogP contribution in [0, 0.1) is 11.7 Å². The number of pyridine rings is 2. The van der Waals surface area contributed by atoms with Gasteiger partial charge in [0.15, 0.2) is 0 Å². The summed E-state index contributed by atoms with van der Waals surface area (Å²) in [5.41, 5.74) is -1.23. The van der Waals surface area contributed by atoms with Crippen LogP contribution in [-0.4, -0.2) is 26.7 Å². The lowest BCUT2D eigenvalue weighted by atomic mass is 9.89. The first-order valence-electron chi connectivity index (χ1n) is 8.54. The van der Waals surface area contributed by atoms with Crippen LogP contribution in [0.1, 0.15) is 39.1 Å². The normalized spacial score (nSPS) is 13.9. The first-order valence-corrected chi connectivity index (χ1v) is 8.54. The van der Waals surface area contributed by atoms with Gasteiger partial charge in [-0.05, 0) is 44.0 Å². The summed E-state index contributed by atoms with van der Waals surface area (Å²) in [6.07, 6.45) is -3.46. The topological polar surface area (TPSA) is 58.0 Å². The molecule has 148 valence electrons. The van der Waals surface area contributed by atoms with Crippen LogP contribution in [0.5, 0.6) is 0 Å². The Labute approximate surface area is 155 Å². The standard InChI is InChI=1S/C19H23F4N3O/c1-11(2)17(18(3,4)27)25-10-15-13(20)6-7-14(26-15)12-5-8-16(24-9-12)19(21,22)23/h5-9,11,17,25,27H,10H2,1-4H3/t17-/m1/s1. The molecule has 0 fully saturated rings. The quantitative estimate of drug-likeness (QED) is 0.733.